The minimum atomic E-state index is -0.219. The Hall–Kier alpha value is -1.46. The second-order valence-electron chi connectivity index (χ2n) is 5.15. The molecule has 0 aromatic heterocycles. The lowest BCUT2D eigenvalue weighted by molar-refractivity contribution is 0.0915. The Labute approximate surface area is 129 Å². The van der Waals surface area contributed by atoms with Crippen LogP contribution < -0.4 is 14.8 Å². The lowest BCUT2D eigenvalue weighted by atomic mass is 10.0. The highest BCUT2D eigenvalue weighted by Gasteiger charge is 2.28. The maximum absolute atomic E-state index is 12.3. The van der Waals surface area contributed by atoms with E-state index in [0.717, 1.165) is 19.3 Å². The minimum Gasteiger partial charge on any atom is -0.493 e. The smallest absolute Gasteiger partial charge is 0.251 e. The van der Waals surface area contributed by atoms with Crippen LogP contribution in [0, 0.1) is 5.92 Å². The summed E-state index contributed by atoms with van der Waals surface area (Å²) in [7, 11) is 2.99. The van der Waals surface area contributed by atoms with Crippen molar-refractivity contribution in [3.05, 3.63) is 22.7 Å². The van der Waals surface area contributed by atoms with Gasteiger partial charge in [-0.15, -0.1) is 0 Å². The Morgan fingerprint density at radius 2 is 2.14 bits per heavy atom. The third-order valence-corrected chi connectivity index (χ3v) is 4.19. The minimum absolute atomic E-state index is 0.00868. The van der Waals surface area contributed by atoms with E-state index in [9.17, 15) is 9.90 Å². The molecule has 1 aromatic rings. The molecule has 0 aliphatic heterocycles. The monoisotopic (exact) mass is 313 g/mol. The maximum Gasteiger partial charge on any atom is 0.251 e. The molecule has 2 rings (SSSR count). The fourth-order valence-corrected chi connectivity index (χ4v) is 3.03. The zero-order valence-electron chi connectivity index (χ0n) is 12.2. The highest BCUT2D eigenvalue weighted by molar-refractivity contribution is 6.32. The fourth-order valence-electron chi connectivity index (χ4n) is 2.75. The number of carbonyl (C=O) groups is 1. The second kappa shape index (κ2) is 7.00. The molecule has 5 nitrogen and oxygen atoms in total. The van der Waals surface area contributed by atoms with Gasteiger partial charge in [0, 0.05) is 24.1 Å². The Bertz CT molecular complexity index is 521. The average molecular weight is 314 g/mol. The quantitative estimate of drug-likeness (QED) is 0.875. The largest absolute Gasteiger partial charge is 0.493 e. The van der Waals surface area contributed by atoms with Crippen LogP contribution in [0.1, 0.15) is 29.6 Å². The molecule has 0 bridgehead atoms. The summed E-state index contributed by atoms with van der Waals surface area (Å²) >= 11 is 6.11. The summed E-state index contributed by atoms with van der Waals surface area (Å²) in [5.74, 6) is 0.734. The van der Waals surface area contributed by atoms with Crippen molar-refractivity contribution in [1.29, 1.82) is 0 Å². The average Bonchev–Trinajstić information content (AvgIpc) is 2.93. The van der Waals surface area contributed by atoms with Crippen LogP contribution in [0.3, 0.4) is 0 Å². The van der Waals surface area contributed by atoms with Crippen molar-refractivity contribution in [3.8, 4) is 11.5 Å². The maximum atomic E-state index is 12.3. The highest BCUT2D eigenvalue weighted by atomic mass is 35.5. The summed E-state index contributed by atoms with van der Waals surface area (Å²) in [5, 5.41) is 12.6. The van der Waals surface area contributed by atoms with Gasteiger partial charge in [0.05, 0.1) is 19.2 Å². The van der Waals surface area contributed by atoms with Crippen LogP contribution in [0.4, 0.5) is 0 Å². The first-order valence-electron chi connectivity index (χ1n) is 6.94. The van der Waals surface area contributed by atoms with Crippen LogP contribution in [0.2, 0.25) is 5.02 Å². The van der Waals surface area contributed by atoms with E-state index >= 15 is 0 Å². The van der Waals surface area contributed by atoms with Crippen molar-refractivity contribution in [2.45, 2.75) is 25.3 Å². The Morgan fingerprint density at radius 3 is 2.76 bits per heavy atom. The number of benzene rings is 1. The van der Waals surface area contributed by atoms with Crippen molar-refractivity contribution in [2.24, 2.45) is 5.92 Å². The Morgan fingerprint density at radius 1 is 1.38 bits per heavy atom. The molecule has 0 saturated heterocycles. The van der Waals surface area contributed by atoms with Gasteiger partial charge in [-0.25, -0.2) is 0 Å². The van der Waals surface area contributed by atoms with Crippen molar-refractivity contribution >= 4 is 17.5 Å². The van der Waals surface area contributed by atoms with E-state index < -0.39 is 0 Å². The first-order chi connectivity index (χ1) is 10.1. The Balaban J connectivity index is 2.17. The number of amides is 1. The molecule has 1 aromatic carbocycles. The van der Waals surface area contributed by atoms with E-state index in [1.165, 1.54) is 14.2 Å². The number of halogens is 1. The second-order valence-corrected chi connectivity index (χ2v) is 5.55. The summed E-state index contributed by atoms with van der Waals surface area (Å²) in [4.78, 5) is 12.3. The van der Waals surface area contributed by atoms with E-state index in [1.54, 1.807) is 12.1 Å². The van der Waals surface area contributed by atoms with E-state index in [-0.39, 0.29) is 24.5 Å². The number of methoxy groups -OCH3 is 2. The van der Waals surface area contributed by atoms with E-state index in [2.05, 4.69) is 5.32 Å². The number of nitrogens with one attached hydrogen (secondary N) is 1. The highest BCUT2D eigenvalue weighted by Crippen LogP contribution is 2.36. The first-order valence-corrected chi connectivity index (χ1v) is 7.31. The summed E-state index contributed by atoms with van der Waals surface area (Å²) in [5.41, 5.74) is 0.418. The zero-order chi connectivity index (χ0) is 15.4. The molecule has 2 unspecified atom stereocenters. The molecule has 21 heavy (non-hydrogen) atoms. The summed E-state index contributed by atoms with van der Waals surface area (Å²) < 4.78 is 10.3. The van der Waals surface area contributed by atoms with E-state index in [0.29, 0.717) is 22.1 Å². The molecule has 116 valence electrons. The van der Waals surface area contributed by atoms with Crippen LogP contribution in [0.5, 0.6) is 11.5 Å². The van der Waals surface area contributed by atoms with E-state index in [4.69, 9.17) is 21.1 Å². The molecule has 2 N–H and O–H groups in total. The molecule has 6 heteroatoms. The molecule has 1 saturated carbocycles. The third-order valence-electron chi connectivity index (χ3n) is 3.91. The van der Waals surface area contributed by atoms with Crippen LogP contribution >= 0.6 is 11.6 Å². The van der Waals surface area contributed by atoms with Gasteiger partial charge in [-0.3, -0.25) is 4.79 Å². The number of ether oxygens (including phenoxy) is 2. The summed E-state index contributed by atoms with van der Waals surface area (Å²) in [6.45, 7) is 0.0949. The molecule has 2 atom stereocenters. The van der Waals surface area contributed by atoms with Crippen LogP contribution in [-0.4, -0.2) is 37.9 Å². The molecular weight excluding hydrogens is 294 g/mol. The van der Waals surface area contributed by atoms with Gasteiger partial charge in [-0.05, 0) is 25.0 Å². The van der Waals surface area contributed by atoms with Gasteiger partial charge in [0.1, 0.15) is 0 Å². The van der Waals surface area contributed by atoms with Gasteiger partial charge in [-0.2, -0.15) is 0 Å². The predicted molar refractivity (Wildman–Crippen MR) is 80.2 cm³/mol. The fraction of sp³-hybridized carbons (Fsp3) is 0.533. The van der Waals surface area contributed by atoms with Gasteiger partial charge < -0.3 is 19.9 Å². The van der Waals surface area contributed by atoms with Gasteiger partial charge in [0.15, 0.2) is 11.5 Å². The standard InChI is InChI=1S/C15H20ClNO4/c1-20-13-7-10(6-11(16)14(13)21-2)15(19)17-12-5-3-4-9(12)8-18/h6-7,9,12,18H,3-5,8H2,1-2H3,(H,17,19). The molecule has 1 aliphatic carbocycles. The number of aliphatic hydroxyl groups excluding tert-OH is 1. The number of carbonyl (C=O) groups excluding carboxylic acids is 1. The Kier molecular flexibility index (Phi) is 5.31. The van der Waals surface area contributed by atoms with Crippen LogP contribution in [0.25, 0.3) is 0 Å². The van der Waals surface area contributed by atoms with Crippen molar-refractivity contribution < 1.29 is 19.4 Å². The first kappa shape index (κ1) is 15.9. The molecule has 0 heterocycles. The number of hydrogen-bond acceptors (Lipinski definition) is 4. The van der Waals surface area contributed by atoms with Crippen molar-refractivity contribution in [3.63, 3.8) is 0 Å². The lowest BCUT2D eigenvalue weighted by Crippen LogP contribution is -2.38. The molecular formula is C15H20ClNO4. The number of hydrogen-bond donors (Lipinski definition) is 2. The van der Waals surface area contributed by atoms with Gasteiger partial charge in [0.25, 0.3) is 5.91 Å². The molecule has 1 aliphatic rings. The van der Waals surface area contributed by atoms with Crippen molar-refractivity contribution in [2.75, 3.05) is 20.8 Å². The third kappa shape index (κ3) is 3.41. The van der Waals surface area contributed by atoms with Crippen LogP contribution in [-0.2, 0) is 0 Å². The van der Waals surface area contributed by atoms with Gasteiger partial charge >= 0.3 is 0 Å². The number of aliphatic hydroxyl groups is 1. The van der Waals surface area contributed by atoms with Gasteiger partial charge in [0.2, 0.25) is 0 Å². The molecule has 1 amide bonds. The van der Waals surface area contributed by atoms with Crippen LogP contribution in [0.15, 0.2) is 12.1 Å². The SMILES string of the molecule is COc1cc(C(=O)NC2CCCC2CO)cc(Cl)c1OC. The molecule has 0 radical (unpaired) electrons. The molecule has 0 spiro atoms. The summed E-state index contributed by atoms with van der Waals surface area (Å²) in [6.07, 6.45) is 2.84. The lowest BCUT2D eigenvalue weighted by Gasteiger charge is -2.19. The number of rotatable bonds is 5. The molecule has 1 fully saturated rings. The van der Waals surface area contributed by atoms with Gasteiger partial charge in [-0.1, -0.05) is 18.0 Å². The predicted octanol–water partition coefficient (Wildman–Crippen LogP) is 2.25. The zero-order valence-corrected chi connectivity index (χ0v) is 12.9. The van der Waals surface area contributed by atoms with Crippen molar-refractivity contribution in [1.82, 2.24) is 5.32 Å². The normalized spacial score (nSPS) is 21.1. The van der Waals surface area contributed by atoms with E-state index in [1.807, 2.05) is 0 Å². The summed E-state index contributed by atoms with van der Waals surface area (Å²) in [6, 6.07) is 3.17. The topological polar surface area (TPSA) is 67.8 Å².